The number of aromatic nitrogens is 1. The molecule has 2 aromatic rings. The van der Waals surface area contributed by atoms with Gasteiger partial charge in [-0.1, -0.05) is 23.2 Å². The van der Waals surface area contributed by atoms with Gasteiger partial charge in [0.1, 0.15) is 5.69 Å². The molecule has 1 aliphatic heterocycles. The molecule has 0 bridgehead atoms. The summed E-state index contributed by atoms with van der Waals surface area (Å²) in [6, 6.07) is 5.06. The van der Waals surface area contributed by atoms with E-state index < -0.39 is 11.9 Å². The number of aromatic amines is 1. The molecule has 4 N–H and O–H groups in total. The minimum Gasteiger partial charge on any atom is -1.00 e. The second-order valence-electron chi connectivity index (χ2n) is 6.28. The Bertz CT molecular complexity index is 879. The number of esters is 1. The van der Waals surface area contributed by atoms with Crippen molar-refractivity contribution in [3.8, 4) is 0 Å². The van der Waals surface area contributed by atoms with Gasteiger partial charge in [-0.05, 0) is 25.1 Å². The fraction of sp³-hybridized carbons (Fsp3) is 0.333. The Labute approximate surface area is 179 Å². The Kier molecular flexibility index (Phi) is 7.60. The van der Waals surface area contributed by atoms with Gasteiger partial charge in [0.2, 0.25) is 0 Å². The van der Waals surface area contributed by atoms with Crippen LogP contribution in [0.15, 0.2) is 18.2 Å². The molecule has 1 fully saturated rings. The second kappa shape index (κ2) is 9.52. The molecule has 1 saturated heterocycles. The lowest BCUT2D eigenvalue weighted by molar-refractivity contribution is -0.655. The number of aryl methyl sites for hydroxylation is 1. The highest BCUT2D eigenvalue weighted by Gasteiger charge is 2.22. The first kappa shape index (κ1) is 22.4. The van der Waals surface area contributed by atoms with Gasteiger partial charge in [0.25, 0.3) is 5.91 Å². The van der Waals surface area contributed by atoms with E-state index in [1.807, 2.05) is 0 Å². The number of ether oxygens (including phenoxy) is 1. The number of hydrogen-bond acceptors (Lipinski definition) is 4. The van der Waals surface area contributed by atoms with Crippen LogP contribution in [0, 0.1) is 6.92 Å². The van der Waals surface area contributed by atoms with Crippen LogP contribution in [-0.4, -0.2) is 50.1 Å². The van der Waals surface area contributed by atoms with Gasteiger partial charge in [-0.2, -0.15) is 0 Å². The van der Waals surface area contributed by atoms with E-state index in [1.165, 1.54) is 7.11 Å². The zero-order valence-corrected chi connectivity index (χ0v) is 17.7. The number of nitrogens with one attached hydrogen (secondary N) is 2. The van der Waals surface area contributed by atoms with Gasteiger partial charge in [0, 0.05) is 5.69 Å². The number of rotatable bonds is 4. The van der Waals surface area contributed by atoms with Crippen molar-refractivity contribution < 1.29 is 32.0 Å². The van der Waals surface area contributed by atoms with Crippen molar-refractivity contribution in [3.63, 3.8) is 0 Å². The number of carbonyl (C=O) groups is 2. The number of halogens is 3. The first-order valence-corrected chi connectivity index (χ1v) is 9.32. The average Bonchev–Trinajstić information content (AvgIpc) is 2.95. The van der Waals surface area contributed by atoms with Crippen molar-refractivity contribution in [2.45, 2.75) is 6.92 Å². The summed E-state index contributed by atoms with van der Waals surface area (Å²) >= 11 is 12.2. The summed E-state index contributed by atoms with van der Waals surface area (Å²) in [5, 5.41) is 5.61. The molecule has 1 aliphatic rings. The van der Waals surface area contributed by atoms with Crippen LogP contribution >= 0.6 is 23.2 Å². The van der Waals surface area contributed by atoms with Gasteiger partial charge < -0.3 is 37.7 Å². The molecule has 1 aromatic heterocycles. The van der Waals surface area contributed by atoms with Crippen LogP contribution in [0.5, 0.6) is 0 Å². The highest BCUT2D eigenvalue weighted by molar-refractivity contribution is 6.44. The quantitative estimate of drug-likeness (QED) is 0.528. The van der Waals surface area contributed by atoms with E-state index in [0.717, 1.165) is 31.9 Å². The predicted molar refractivity (Wildman–Crippen MR) is 105 cm³/mol. The number of benzene rings is 1. The first-order valence-electron chi connectivity index (χ1n) is 8.56. The monoisotopic (exact) mass is 446 g/mol. The summed E-state index contributed by atoms with van der Waals surface area (Å²) in [4.78, 5) is 29.7. The molecule has 7 nitrogen and oxygen atoms in total. The fourth-order valence-electron chi connectivity index (χ4n) is 3.05. The lowest BCUT2D eigenvalue weighted by Crippen LogP contribution is -3.00. The zero-order valence-electron chi connectivity index (χ0n) is 15.4. The molecule has 0 radical (unpaired) electrons. The van der Waals surface area contributed by atoms with Crippen LogP contribution in [0.25, 0.3) is 0 Å². The molecule has 1 amide bonds. The maximum absolute atomic E-state index is 12.7. The molecule has 0 atom stereocenters. The van der Waals surface area contributed by atoms with E-state index in [1.54, 1.807) is 25.1 Å². The molecular weight excluding hydrogens is 427 g/mol. The third kappa shape index (κ3) is 4.55. The van der Waals surface area contributed by atoms with Gasteiger partial charge >= 0.3 is 5.97 Å². The summed E-state index contributed by atoms with van der Waals surface area (Å²) in [5.74, 6) is -0.821. The Hall–Kier alpha value is -1.93. The van der Waals surface area contributed by atoms with E-state index in [4.69, 9.17) is 27.9 Å². The number of anilines is 2. The highest BCUT2D eigenvalue weighted by atomic mass is 35.5. The van der Waals surface area contributed by atoms with Gasteiger partial charge in [-0.25, -0.2) is 4.79 Å². The summed E-state index contributed by atoms with van der Waals surface area (Å²) < 4.78 is 4.81. The smallest absolute Gasteiger partial charge is 0.337 e. The third-order valence-corrected chi connectivity index (χ3v) is 5.44. The molecular formula is C18H21Cl3N4O3. The summed E-state index contributed by atoms with van der Waals surface area (Å²) in [6.45, 7) is 5.23. The Morgan fingerprint density at radius 3 is 2.46 bits per heavy atom. The van der Waals surface area contributed by atoms with E-state index >= 15 is 0 Å². The van der Waals surface area contributed by atoms with Crippen molar-refractivity contribution in [1.82, 2.24) is 4.98 Å². The largest absolute Gasteiger partial charge is 1.00 e. The molecule has 0 saturated carbocycles. The maximum atomic E-state index is 12.7. The molecule has 2 heterocycles. The van der Waals surface area contributed by atoms with Gasteiger partial charge in [0.15, 0.2) is 0 Å². The van der Waals surface area contributed by atoms with Crippen LogP contribution in [0.4, 0.5) is 11.4 Å². The van der Waals surface area contributed by atoms with E-state index in [2.05, 4.69) is 20.5 Å². The standard InChI is InChI=1S/C18H20Cl2N4O3.ClH/c1-10-14(19)15(20)16(22-10)17(25)23-12-4-3-11(18(26)27-2)9-13(12)24-7-5-21-6-8-24;/h3-4,9,21-22H,5-8H2,1-2H3,(H,23,25);1H. The number of methoxy groups -OCH3 is 1. The summed E-state index contributed by atoms with van der Waals surface area (Å²) in [5.41, 5.74) is 2.62. The van der Waals surface area contributed by atoms with Gasteiger partial charge in [0.05, 0.1) is 60.3 Å². The van der Waals surface area contributed by atoms with Crippen LogP contribution < -0.4 is 27.9 Å². The van der Waals surface area contributed by atoms with Gasteiger partial charge in [-0.3, -0.25) is 4.79 Å². The van der Waals surface area contributed by atoms with Crippen molar-refractivity contribution >= 4 is 46.5 Å². The highest BCUT2D eigenvalue weighted by Crippen LogP contribution is 2.32. The predicted octanol–water partition coefficient (Wildman–Crippen LogP) is -0.944. The number of H-pyrrole nitrogens is 1. The van der Waals surface area contributed by atoms with Crippen LogP contribution in [0.1, 0.15) is 26.5 Å². The fourth-order valence-corrected chi connectivity index (χ4v) is 3.46. The lowest BCUT2D eigenvalue weighted by atomic mass is 10.1. The van der Waals surface area contributed by atoms with Crippen molar-refractivity contribution in [2.24, 2.45) is 0 Å². The van der Waals surface area contributed by atoms with Gasteiger partial charge in [-0.15, -0.1) is 0 Å². The number of piperazine rings is 1. The van der Waals surface area contributed by atoms with Crippen molar-refractivity contribution in [1.29, 1.82) is 0 Å². The normalized spacial score (nSPS) is 13.6. The van der Waals surface area contributed by atoms with Crippen LogP contribution in [0.3, 0.4) is 0 Å². The topological polar surface area (TPSA) is 91.0 Å². The second-order valence-corrected chi connectivity index (χ2v) is 7.04. The minimum atomic E-state index is -0.424. The Balaban J connectivity index is 0.00000280. The number of quaternary nitrogens is 1. The molecule has 0 aliphatic carbocycles. The van der Waals surface area contributed by atoms with E-state index in [9.17, 15) is 9.59 Å². The first-order chi connectivity index (χ1) is 12.9. The molecule has 0 spiro atoms. The lowest BCUT2D eigenvalue weighted by Gasteiger charge is -2.29. The number of nitrogens with zero attached hydrogens (tertiary/aromatic N) is 1. The Morgan fingerprint density at radius 1 is 1.21 bits per heavy atom. The molecule has 0 unspecified atom stereocenters. The minimum absolute atomic E-state index is 0. The molecule has 1 aromatic carbocycles. The van der Waals surface area contributed by atoms with E-state index in [0.29, 0.717) is 22.0 Å². The zero-order chi connectivity index (χ0) is 19.6. The van der Waals surface area contributed by atoms with Crippen molar-refractivity contribution in [2.75, 3.05) is 43.5 Å². The molecule has 3 rings (SSSR count). The number of hydrogen-bond donors (Lipinski definition) is 3. The van der Waals surface area contributed by atoms with Crippen LogP contribution in [-0.2, 0) is 4.74 Å². The number of nitrogens with two attached hydrogens (primary N) is 1. The maximum Gasteiger partial charge on any atom is 0.337 e. The van der Waals surface area contributed by atoms with Crippen molar-refractivity contribution in [3.05, 3.63) is 45.2 Å². The summed E-state index contributed by atoms with van der Waals surface area (Å²) in [6.07, 6.45) is 0. The molecule has 10 heteroatoms. The molecule has 28 heavy (non-hydrogen) atoms. The van der Waals surface area contributed by atoms with Crippen LogP contribution in [0.2, 0.25) is 10.0 Å². The molecule has 152 valence electrons. The summed E-state index contributed by atoms with van der Waals surface area (Å²) in [7, 11) is 1.34. The Morgan fingerprint density at radius 2 is 1.89 bits per heavy atom. The average molecular weight is 448 g/mol. The SMILES string of the molecule is COC(=O)c1ccc(NC(=O)c2[nH]c(C)c(Cl)c2Cl)c(N2CC[NH2+]CC2)c1.[Cl-]. The van der Waals surface area contributed by atoms with E-state index in [-0.39, 0.29) is 23.1 Å². The third-order valence-electron chi connectivity index (χ3n) is 4.49. The number of amides is 1. The number of carbonyl (C=O) groups excluding carboxylic acids is 2.